The van der Waals surface area contributed by atoms with Gasteiger partial charge in [0.25, 0.3) is 11.5 Å². The number of amides is 1. The summed E-state index contributed by atoms with van der Waals surface area (Å²) < 4.78 is 1.41. The largest absolute Gasteiger partial charge is 0.335 e. The normalized spacial score (nSPS) is 21.2. The van der Waals surface area contributed by atoms with E-state index < -0.39 is 0 Å². The first-order chi connectivity index (χ1) is 11.0. The molecule has 0 radical (unpaired) electrons. The highest BCUT2D eigenvalue weighted by atomic mass is 16.2. The van der Waals surface area contributed by atoms with Crippen LogP contribution in [0.5, 0.6) is 0 Å². The van der Waals surface area contributed by atoms with Gasteiger partial charge in [-0.15, -0.1) is 0 Å². The van der Waals surface area contributed by atoms with E-state index in [4.69, 9.17) is 0 Å². The maximum absolute atomic E-state index is 12.7. The summed E-state index contributed by atoms with van der Waals surface area (Å²) in [5, 5.41) is 4.27. The first kappa shape index (κ1) is 17.7. The van der Waals surface area contributed by atoms with Gasteiger partial charge in [-0.25, -0.2) is 4.68 Å². The summed E-state index contributed by atoms with van der Waals surface area (Å²) in [4.78, 5) is 28.6. The second-order valence-corrected chi connectivity index (χ2v) is 6.54. The molecule has 0 bridgehead atoms. The number of likely N-dealkylation sites (tertiary alicyclic amines) is 1. The third-order valence-electron chi connectivity index (χ3n) is 4.69. The Balaban J connectivity index is 2.16. The zero-order valence-corrected chi connectivity index (χ0v) is 14.7. The molecule has 2 heterocycles. The summed E-state index contributed by atoms with van der Waals surface area (Å²) in [6.07, 6.45) is 2.92. The summed E-state index contributed by atoms with van der Waals surface area (Å²) in [6, 6.07) is 3.39. The lowest BCUT2D eigenvalue weighted by Gasteiger charge is -2.23. The zero-order valence-electron chi connectivity index (χ0n) is 14.7. The van der Waals surface area contributed by atoms with Gasteiger partial charge in [0.2, 0.25) is 0 Å². The van der Waals surface area contributed by atoms with E-state index in [9.17, 15) is 9.59 Å². The van der Waals surface area contributed by atoms with Gasteiger partial charge in [-0.05, 0) is 32.5 Å². The fraction of sp³-hybridized carbons (Fsp3) is 0.706. The quantitative estimate of drug-likeness (QED) is 0.796. The number of carbonyl (C=O) groups is 1. The van der Waals surface area contributed by atoms with Crippen molar-refractivity contribution in [2.24, 2.45) is 5.92 Å². The molecule has 1 aliphatic heterocycles. The molecule has 6 nitrogen and oxygen atoms in total. The summed E-state index contributed by atoms with van der Waals surface area (Å²) >= 11 is 0. The molecule has 0 aromatic carbocycles. The number of carbonyl (C=O) groups excluding carboxylic acids is 1. The van der Waals surface area contributed by atoms with Gasteiger partial charge in [0.1, 0.15) is 5.69 Å². The number of hydrogen-bond donors (Lipinski definition) is 0. The van der Waals surface area contributed by atoms with Gasteiger partial charge < -0.3 is 9.80 Å². The van der Waals surface area contributed by atoms with Crippen LogP contribution in [0.2, 0.25) is 0 Å². The minimum absolute atomic E-state index is 0.0713. The van der Waals surface area contributed by atoms with E-state index in [1.165, 1.54) is 10.7 Å². The molecule has 1 fully saturated rings. The number of unbranched alkanes of at least 4 members (excludes halogenated alkanes) is 1. The maximum atomic E-state index is 12.7. The van der Waals surface area contributed by atoms with E-state index in [2.05, 4.69) is 37.9 Å². The second kappa shape index (κ2) is 7.73. The maximum Gasteiger partial charge on any atom is 0.274 e. The van der Waals surface area contributed by atoms with Crippen molar-refractivity contribution in [3.8, 4) is 0 Å². The number of rotatable bonds is 6. The summed E-state index contributed by atoms with van der Waals surface area (Å²) in [7, 11) is 4.12. The Kier molecular flexibility index (Phi) is 5.93. The second-order valence-electron chi connectivity index (χ2n) is 6.54. The van der Waals surface area contributed by atoms with Crippen molar-refractivity contribution in [1.82, 2.24) is 19.6 Å². The SMILES string of the molecule is CCCCn1nc(C(=O)N2C[C@H](CC)[C@H](N(C)C)C2)ccc1=O. The highest BCUT2D eigenvalue weighted by Crippen LogP contribution is 2.24. The number of likely N-dealkylation sites (N-methyl/N-ethyl adjacent to an activating group) is 1. The molecule has 1 aromatic heterocycles. The number of hydrogen-bond acceptors (Lipinski definition) is 4. The van der Waals surface area contributed by atoms with Gasteiger partial charge >= 0.3 is 0 Å². The Hall–Kier alpha value is -1.69. The van der Waals surface area contributed by atoms with Crippen LogP contribution in [0.3, 0.4) is 0 Å². The van der Waals surface area contributed by atoms with E-state index in [1.807, 2.05) is 4.90 Å². The number of aromatic nitrogens is 2. The molecule has 1 aliphatic rings. The van der Waals surface area contributed by atoms with Crippen molar-refractivity contribution in [3.63, 3.8) is 0 Å². The molecule has 128 valence electrons. The Labute approximate surface area is 138 Å². The monoisotopic (exact) mass is 320 g/mol. The minimum atomic E-state index is -0.144. The summed E-state index contributed by atoms with van der Waals surface area (Å²) in [5.74, 6) is 0.415. The van der Waals surface area contributed by atoms with Gasteiger partial charge in [0.15, 0.2) is 0 Å². The van der Waals surface area contributed by atoms with Crippen LogP contribution >= 0.6 is 0 Å². The zero-order chi connectivity index (χ0) is 17.0. The van der Waals surface area contributed by atoms with Crippen molar-refractivity contribution in [3.05, 3.63) is 28.2 Å². The van der Waals surface area contributed by atoms with Gasteiger partial charge in [0.05, 0.1) is 0 Å². The van der Waals surface area contributed by atoms with Crippen LogP contribution in [0.15, 0.2) is 16.9 Å². The summed E-state index contributed by atoms with van der Waals surface area (Å²) in [5.41, 5.74) is 0.226. The minimum Gasteiger partial charge on any atom is -0.335 e. The van der Waals surface area contributed by atoms with Crippen LogP contribution in [0, 0.1) is 5.92 Å². The van der Waals surface area contributed by atoms with Crippen molar-refractivity contribution in [2.45, 2.75) is 45.7 Å². The molecule has 1 aromatic rings. The van der Waals surface area contributed by atoms with Gasteiger partial charge in [-0.2, -0.15) is 5.10 Å². The van der Waals surface area contributed by atoms with Crippen molar-refractivity contribution in [1.29, 1.82) is 0 Å². The number of nitrogens with zero attached hydrogens (tertiary/aromatic N) is 4. The first-order valence-electron chi connectivity index (χ1n) is 8.51. The molecule has 1 saturated heterocycles. The molecular formula is C17H28N4O2. The van der Waals surface area contributed by atoms with Crippen LogP contribution < -0.4 is 5.56 Å². The highest BCUT2D eigenvalue weighted by molar-refractivity contribution is 5.92. The van der Waals surface area contributed by atoms with Gasteiger partial charge in [0, 0.05) is 31.7 Å². The molecule has 0 N–H and O–H groups in total. The molecule has 0 saturated carbocycles. The third kappa shape index (κ3) is 3.99. The highest BCUT2D eigenvalue weighted by Gasteiger charge is 2.36. The van der Waals surface area contributed by atoms with Gasteiger partial charge in [-0.3, -0.25) is 9.59 Å². The van der Waals surface area contributed by atoms with E-state index in [0.717, 1.165) is 32.4 Å². The predicted octanol–water partition coefficient (Wildman–Crippen LogP) is 1.46. The Morgan fingerprint density at radius 3 is 2.61 bits per heavy atom. The fourth-order valence-corrected chi connectivity index (χ4v) is 3.20. The Bertz CT molecular complexity index is 597. The summed E-state index contributed by atoms with van der Waals surface area (Å²) in [6.45, 7) is 6.28. The lowest BCUT2D eigenvalue weighted by atomic mass is 10.0. The van der Waals surface area contributed by atoms with E-state index in [-0.39, 0.29) is 11.5 Å². The molecule has 2 atom stereocenters. The Morgan fingerprint density at radius 2 is 2.04 bits per heavy atom. The number of aryl methyl sites for hydroxylation is 1. The lowest BCUT2D eigenvalue weighted by Crippen LogP contribution is -2.37. The van der Waals surface area contributed by atoms with Crippen molar-refractivity contribution < 1.29 is 4.79 Å². The molecule has 23 heavy (non-hydrogen) atoms. The molecule has 6 heteroatoms. The first-order valence-corrected chi connectivity index (χ1v) is 8.51. The molecule has 0 unspecified atom stereocenters. The van der Waals surface area contributed by atoms with Gasteiger partial charge in [-0.1, -0.05) is 26.7 Å². The van der Waals surface area contributed by atoms with Crippen molar-refractivity contribution in [2.75, 3.05) is 27.2 Å². The standard InChI is InChI=1S/C17H28N4O2/c1-5-7-10-21-16(22)9-8-14(18-21)17(23)20-11-13(6-2)15(12-20)19(3)4/h8-9,13,15H,5-7,10-12H2,1-4H3/t13-,15+/m0/s1. The molecule has 1 amide bonds. The Morgan fingerprint density at radius 1 is 1.30 bits per heavy atom. The average Bonchev–Trinajstić information content (AvgIpc) is 2.98. The van der Waals surface area contributed by atoms with Crippen molar-refractivity contribution >= 4 is 5.91 Å². The third-order valence-corrected chi connectivity index (χ3v) is 4.69. The van der Waals surface area contributed by atoms with Crippen LogP contribution in [0.4, 0.5) is 0 Å². The molecular weight excluding hydrogens is 292 g/mol. The van der Waals surface area contributed by atoms with Crippen LogP contribution in [0.25, 0.3) is 0 Å². The van der Waals surface area contributed by atoms with E-state index >= 15 is 0 Å². The topological polar surface area (TPSA) is 58.4 Å². The lowest BCUT2D eigenvalue weighted by molar-refractivity contribution is 0.0772. The smallest absolute Gasteiger partial charge is 0.274 e. The fourth-order valence-electron chi connectivity index (χ4n) is 3.20. The van der Waals surface area contributed by atoms with Crippen LogP contribution in [-0.4, -0.2) is 58.7 Å². The van der Waals surface area contributed by atoms with E-state index in [1.54, 1.807) is 6.07 Å². The van der Waals surface area contributed by atoms with Crippen LogP contribution in [0.1, 0.15) is 43.6 Å². The van der Waals surface area contributed by atoms with Crippen LogP contribution in [-0.2, 0) is 6.54 Å². The van der Waals surface area contributed by atoms with E-state index in [0.29, 0.717) is 24.2 Å². The predicted molar refractivity (Wildman–Crippen MR) is 90.6 cm³/mol. The average molecular weight is 320 g/mol. The molecule has 0 aliphatic carbocycles. The molecule has 2 rings (SSSR count). The molecule has 0 spiro atoms.